The molecule has 2 aromatic heterocycles. The zero-order chi connectivity index (χ0) is 72.8. The highest BCUT2D eigenvalue weighted by Crippen LogP contribution is 2.54. The lowest BCUT2D eigenvalue weighted by Gasteiger charge is -2.42. The van der Waals surface area contributed by atoms with Crippen LogP contribution in [0.15, 0.2) is 283 Å². The molecule has 0 aliphatic carbocycles. The largest absolute Gasteiger partial charge is 0.311 e. The second-order valence-electron chi connectivity index (χ2n) is 34.2. The van der Waals surface area contributed by atoms with E-state index in [9.17, 15) is 0 Å². The number of fused-ring (bicyclic) bond motifs is 11. The summed E-state index contributed by atoms with van der Waals surface area (Å²) in [5.41, 5.74) is 27.7. The molecular formula is C98H90BN3S3. The molecule has 7 heteroatoms. The number of benzene rings is 13. The first-order valence-electron chi connectivity index (χ1n) is 37.2. The van der Waals surface area contributed by atoms with Gasteiger partial charge in [-0.1, -0.05) is 279 Å². The molecular weight excluding hydrogens is 1330 g/mol. The fourth-order valence-electron chi connectivity index (χ4n) is 15.9. The molecule has 0 unspecified atom stereocenters. The number of hydrogen-bond acceptors (Lipinski definition) is 6. The van der Waals surface area contributed by atoms with Gasteiger partial charge < -0.3 is 14.7 Å². The van der Waals surface area contributed by atoms with Crippen molar-refractivity contribution in [1.29, 1.82) is 0 Å². The number of nitrogens with zero attached hydrogens (tertiary/aromatic N) is 3. The van der Waals surface area contributed by atoms with E-state index in [0.717, 1.165) is 45.5 Å². The Kier molecular flexibility index (Phi) is 16.5. The molecule has 105 heavy (non-hydrogen) atoms. The number of hydrogen-bond donors (Lipinski definition) is 0. The van der Waals surface area contributed by atoms with Gasteiger partial charge in [-0.25, -0.2) is 0 Å². The predicted molar refractivity (Wildman–Crippen MR) is 461 cm³/mol. The van der Waals surface area contributed by atoms with Crippen LogP contribution in [-0.4, -0.2) is 6.71 Å². The molecule has 0 atom stereocenters. The molecule has 3 nitrogen and oxygen atoms in total. The summed E-state index contributed by atoms with van der Waals surface area (Å²) in [6, 6.07) is 105. The fraction of sp³-hybridized carbons (Fsp3) is 0.204. The van der Waals surface area contributed by atoms with Gasteiger partial charge >= 0.3 is 0 Å². The summed E-state index contributed by atoms with van der Waals surface area (Å²) in [6.45, 7) is 34.9. The molecule has 0 saturated carbocycles. The number of anilines is 9. The van der Waals surface area contributed by atoms with Crippen molar-refractivity contribution in [2.45, 2.75) is 141 Å². The molecule has 0 spiro atoms. The standard InChI is InChI=1S/C98H90BN3S3/c1-94(2,3)65-36-41-72(42-37-65)101(73-43-38-66(39-44-73)95(4,5)6)74-45-48-80-83(58-74)102(82-50-40-67(96(7,8)9)57-78(82)61-27-19-16-20-28-61)84-53-63(55-89-92(84)99(80)81-49-46-75(59-87(81)104-89)100(70-29-21-17-22-30-70)71-31-23-18-24-32-71)62-35-47-77-86(54-62)105-93-79(60-88-90(91(77)93)76-33-25-26-34-85(76)103-88)64-51-68(97(10,11)12)56-69(52-64)98(13,14)15/h16-60H,1-15H3. The van der Waals surface area contributed by atoms with Crippen molar-refractivity contribution >= 4 is 149 Å². The molecule has 0 radical (unpaired) electrons. The SMILES string of the molecule is CC(C)(C)c1ccc(N(c2ccc(C(C)(C)C)cc2)c2ccc3c(c2)N(c2ccc(C(C)(C)C)cc2-c2ccccc2)c2cc(-c4ccc5c(c4)sc4c(-c6cc(C(C)(C)C)cc(C(C)(C)C)c6)cc6sc7ccccc7c6c45)cc4c2B3c2ccc(N(c3ccccc3)c3ccccc3)cc2S4)cc1. The normalized spacial score (nSPS) is 13.2. The topological polar surface area (TPSA) is 9.72 Å². The van der Waals surface area contributed by atoms with Gasteiger partial charge in [0.1, 0.15) is 0 Å². The zero-order valence-electron chi connectivity index (χ0n) is 63.1. The first kappa shape index (κ1) is 68.2. The van der Waals surface area contributed by atoms with Crippen LogP contribution in [0.4, 0.5) is 51.2 Å². The molecule has 0 amide bonds. The highest BCUT2D eigenvalue weighted by molar-refractivity contribution is 8.00. The Balaban J connectivity index is 0.943. The summed E-state index contributed by atoms with van der Waals surface area (Å²) in [5.74, 6) is 0. The van der Waals surface area contributed by atoms with E-state index in [0.29, 0.717) is 0 Å². The summed E-state index contributed by atoms with van der Waals surface area (Å²) in [7, 11) is 0. The molecule has 2 aliphatic rings. The third-order valence-electron chi connectivity index (χ3n) is 21.9. The van der Waals surface area contributed by atoms with Gasteiger partial charge in [-0.05, 0) is 203 Å². The molecule has 15 aromatic rings. The molecule has 17 rings (SSSR count). The van der Waals surface area contributed by atoms with Gasteiger partial charge in [0.2, 0.25) is 6.71 Å². The van der Waals surface area contributed by atoms with Crippen molar-refractivity contribution < 1.29 is 0 Å². The van der Waals surface area contributed by atoms with Crippen molar-refractivity contribution in [2.24, 2.45) is 0 Å². The Morgan fingerprint density at radius 2 is 0.800 bits per heavy atom. The van der Waals surface area contributed by atoms with E-state index in [4.69, 9.17) is 0 Å². The van der Waals surface area contributed by atoms with E-state index in [1.54, 1.807) is 0 Å². The maximum Gasteiger partial charge on any atom is 0.249 e. The average Bonchev–Trinajstić information content (AvgIpc) is 1.32. The van der Waals surface area contributed by atoms with Gasteiger partial charge in [0.15, 0.2) is 0 Å². The minimum atomic E-state index is -0.113. The monoisotopic (exact) mass is 1420 g/mol. The summed E-state index contributed by atoms with van der Waals surface area (Å²) in [5, 5.41) is 5.33. The Hall–Kier alpha value is -9.89. The fourth-order valence-corrected chi connectivity index (χ4v) is 19.6. The van der Waals surface area contributed by atoms with E-state index in [-0.39, 0.29) is 33.8 Å². The van der Waals surface area contributed by atoms with Crippen LogP contribution in [0, 0.1) is 0 Å². The third-order valence-corrected chi connectivity index (χ3v) is 25.3. The van der Waals surface area contributed by atoms with Crippen molar-refractivity contribution in [3.05, 3.63) is 301 Å². The van der Waals surface area contributed by atoms with Crippen LogP contribution in [-0.2, 0) is 27.1 Å². The molecule has 4 heterocycles. The third kappa shape index (κ3) is 12.3. The van der Waals surface area contributed by atoms with Crippen LogP contribution < -0.4 is 31.1 Å². The lowest BCUT2D eigenvalue weighted by Crippen LogP contribution is -2.59. The van der Waals surface area contributed by atoms with E-state index >= 15 is 0 Å². The second kappa shape index (κ2) is 25.4. The minimum Gasteiger partial charge on any atom is -0.311 e. The number of thiophene rings is 2. The number of para-hydroxylation sites is 2. The predicted octanol–water partition coefficient (Wildman–Crippen LogP) is 27.6. The smallest absolute Gasteiger partial charge is 0.249 e. The maximum atomic E-state index is 2.67. The Morgan fingerprint density at radius 3 is 1.39 bits per heavy atom. The lowest BCUT2D eigenvalue weighted by atomic mass is 9.34. The first-order valence-corrected chi connectivity index (χ1v) is 39.7. The molecule has 0 N–H and O–H groups in total. The second-order valence-corrected chi connectivity index (χ2v) is 37.5. The van der Waals surface area contributed by atoms with E-state index in [2.05, 4.69) is 392 Å². The van der Waals surface area contributed by atoms with Gasteiger partial charge in [0.05, 0.1) is 5.69 Å². The molecule has 13 aromatic carbocycles. The van der Waals surface area contributed by atoms with E-state index < -0.39 is 0 Å². The Labute approximate surface area is 634 Å². The highest BCUT2D eigenvalue weighted by atomic mass is 32.2. The van der Waals surface area contributed by atoms with Crippen LogP contribution >= 0.6 is 34.4 Å². The van der Waals surface area contributed by atoms with Gasteiger partial charge in [0, 0.05) is 107 Å². The highest BCUT2D eigenvalue weighted by Gasteiger charge is 2.43. The number of rotatable bonds is 10. The van der Waals surface area contributed by atoms with Gasteiger partial charge in [-0.3, -0.25) is 0 Å². The summed E-state index contributed by atoms with van der Waals surface area (Å²) < 4.78 is 5.27. The average molecular weight is 1420 g/mol. The van der Waals surface area contributed by atoms with Crippen LogP contribution in [0.3, 0.4) is 0 Å². The van der Waals surface area contributed by atoms with Crippen LogP contribution in [0.1, 0.15) is 132 Å². The Bertz CT molecular complexity index is 5760. The van der Waals surface area contributed by atoms with Crippen molar-refractivity contribution in [3.63, 3.8) is 0 Å². The van der Waals surface area contributed by atoms with Crippen molar-refractivity contribution in [1.82, 2.24) is 0 Å². The van der Waals surface area contributed by atoms with Crippen LogP contribution in [0.2, 0.25) is 0 Å². The summed E-state index contributed by atoms with van der Waals surface area (Å²) in [4.78, 5) is 10.1. The first-order chi connectivity index (χ1) is 50.2. The van der Waals surface area contributed by atoms with E-state index in [1.807, 2.05) is 34.4 Å². The van der Waals surface area contributed by atoms with Gasteiger partial charge in [-0.15, -0.1) is 22.7 Å². The van der Waals surface area contributed by atoms with Crippen LogP contribution in [0.25, 0.3) is 73.7 Å². The van der Waals surface area contributed by atoms with Crippen molar-refractivity contribution in [3.8, 4) is 33.4 Å². The molecule has 2 aliphatic heterocycles. The van der Waals surface area contributed by atoms with Gasteiger partial charge in [0.25, 0.3) is 0 Å². The maximum absolute atomic E-state index is 2.67. The molecule has 0 saturated heterocycles. The molecule has 0 fully saturated rings. The quantitative estimate of drug-likeness (QED) is 0.126. The lowest BCUT2D eigenvalue weighted by molar-refractivity contribution is 0.569. The zero-order valence-corrected chi connectivity index (χ0v) is 65.6. The minimum absolute atomic E-state index is 0.0138. The van der Waals surface area contributed by atoms with Gasteiger partial charge in [-0.2, -0.15) is 0 Å². The van der Waals surface area contributed by atoms with Crippen LogP contribution in [0.5, 0.6) is 0 Å². The molecule has 0 bridgehead atoms. The Morgan fingerprint density at radius 1 is 0.286 bits per heavy atom. The molecule has 518 valence electrons. The van der Waals surface area contributed by atoms with E-state index in [1.165, 1.54) is 133 Å². The summed E-state index contributed by atoms with van der Waals surface area (Å²) >= 11 is 5.81. The summed E-state index contributed by atoms with van der Waals surface area (Å²) in [6.07, 6.45) is 0. The van der Waals surface area contributed by atoms with Crippen molar-refractivity contribution in [2.75, 3.05) is 14.7 Å².